The van der Waals surface area contributed by atoms with Gasteiger partial charge in [-0.2, -0.15) is 0 Å². The van der Waals surface area contributed by atoms with Crippen molar-refractivity contribution < 1.29 is 4.79 Å². The van der Waals surface area contributed by atoms with Crippen LogP contribution in [0.25, 0.3) is 9.88 Å². The number of hydrogen-bond donors (Lipinski definition) is 1. The molecular weight excluding hydrogens is 264 g/mol. The Kier molecular flexibility index (Phi) is 4.14. The molecule has 2 aromatic heterocycles. The Hall–Kier alpha value is -1.20. The zero-order chi connectivity index (χ0) is 13.1. The molecule has 0 aliphatic rings. The molecule has 2 aromatic rings. The highest BCUT2D eigenvalue weighted by molar-refractivity contribution is 7.21. The molecule has 0 fully saturated rings. The van der Waals surface area contributed by atoms with Gasteiger partial charge in [-0.1, -0.05) is 6.92 Å². The quantitative estimate of drug-likeness (QED) is 0.927. The van der Waals surface area contributed by atoms with Gasteiger partial charge in [0.05, 0.1) is 4.88 Å². The number of nitrogens with one attached hydrogen (secondary N) is 1. The number of rotatable bonds is 4. The Morgan fingerprint density at radius 1 is 1.50 bits per heavy atom. The van der Waals surface area contributed by atoms with E-state index >= 15 is 0 Å². The molecule has 1 amide bonds. The number of thiophene rings is 1. The van der Waals surface area contributed by atoms with Crippen LogP contribution in [0.3, 0.4) is 0 Å². The molecule has 0 bridgehead atoms. The molecule has 0 radical (unpaired) electrons. The Morgan fingerprint density at radius 2 is 2.28 bits per heavy atom. The summed E-state index contributed by atoms with van der Waals surface area (Å²) in [5, 5.41) is 5.66. The fraction of sp³-hybridized carbons (Fsp3) is 0.385. The smallest absolute Gasteiger partial charge is 0.270 e. The maximum Gasteiger partial charge on any atom is 0.270 e. The van der Waals surface area contributed by atoms with Crippen molar-refractivity contribution in [2.45, 2.75) is 33.2 Å². The lowest BCUT2D eigenvalue weighted by molar-refractivity contribution is 0.0935. The third-order valence-corrected chi connectivity index (χ3v) is 4.69. The number of thiazole rings is 1. The van der Waals surface area contributed by atoms with Gasteiger partial charge in [0, 0.05) is 16.3 Å². The van der Waals surface area contributed by atoms with Crippen LogP contribution in [-0.2, 0) is 0 Å². The summed E-state index contributed by atoms with van der Waals surface area (Å²) in [5.41, 5.74) is 0.515. The fourth-order valence-corrected chi connectivity index (χ4v) is 3.18. The zero-order valence-electron chi connectivity index (χ0n) is 10.7. The third kappa shape index (κ3) is 2.97. The number of aromatic nitrogens is 1. The number of nitrogens with zero attached hydrogens (tertiary/aromatic N) is 1. The summed E-state index contributed by atoms with van der Waals surface area (Å²) >= 11 is 3.22. The third-order valence-electron chi connectivity index (χ3n) is 2.68. The highest BCUT2D eigenvalue weighted by Gasteiger charge is 2.14. The van der Waals surface area contributed by atoms with Crippen molar-refractivity contribution in [1.29, 1.82) is 0 Å². The summed E-state index contributed by atoms with van der Waals surface area (Å²) in [6.07, 6.45) is 0.923. The average Bonchev–Trinajstić information content (AvgIpc) is 2.96. The first-order valence-corrected chi connectivity index (χ1v) is 7.63. The number of carbonyl (C=O) groups is 1. The first kappa shape index (κ1) is 13.2. The first-order chi connectivity index (χ1) is 8.60. The average molecular weight is 280 g/mol. The van der Waals surface area contributed by atoms with Gasteiger partial charge in [0.1, 0.15) is 10.7 Å². The summed E-state index contributed by atoms with van der Waals surface area (Å²) in [6, 6.07) is 4.31. The first-order valence-electron chi connectivity index (χ1n) is 5.93. The highest BCUT2D eigenvalue weighted by atomic mass is 32.1. The molecule has 1 N–H and O–H groups in total. The molecule has 0 aliphatic carbocycles. The van der Waals surface area contributed by atoms with Gasteiger partial charge in [-0.05, 0) is 32.4 Å². The predicted octanol–water partition coefficient (Wildman–Crippen LogP) is 3.71. The van der Waals surface area contributed by atoms with E-state index in [0.29, 0.717) is 5.69 Å². The normalized spacial score (nSPS) is 12.4. The van der Waals surface area contributed by atoms with E-state index in [2.05, 4.69) is 29.4 Å². The molecule has 96 valence electrons. The summed E-state index contributed by atoms with van der Waals surface area (Å²) < 4.78 is 0. The fourth-order valence-electron chi connectivity index (χ4n) is 1.44. The van der Waals surface area contributed by atoms with Crippen molar-refractivity contribution >= 4 is 28.6 Å². The van der Waals surface area contributed by atoms with Crippen LogP contribution >= 0.6 is 22.7 Å². The largest absolute Gasteiger partial charge is 0.348 e. The van der Waals surface area contributed by atoms with Crippen LogP contribution in [0, 0.1) is 6.92 Å². The minimum atomic E-state index is -0.0832. The molecule has 18 heavy (non-hydrogen) atoms. The molecule has 0 unspecified atom stereocenters. The lowest BCUT2D eigenvalue weighted by Gasteiger charge is -2.09. The molecule has 3 nitrogen and oxygen atoms in total. The van der Waals surface area contributed by atoms with Crippen LogP contribution in [0.1, 0.15) is 35.6 Å². The predicted molar refractivity (Wildman–Crippen MR) is 77.4 cm³/mol. The Morgan fingerprint density at radius 3 is 2.89 bits per heavy atom. The summed E-state index contributed by atoms with van der Waals surface area (Å²) in [4.78, 5) is 18.7. The van der Waals surface area contributed by atoms with Crippen molar-refractivity contribution in [3.63, 3.8) is 0 Å². The van der Waals surface area contributed by atoms with Crippen molar-refractivity contribution in [1.82, 2.24) is 10.3 Å². The molecule has 2 rings (SSSR count). The molecule has 2 heterocycles. The van der Waals surface area contributed by atoms with Gasteiger partial charge in [0.25, 0.3) is 5.91 Å². The number of hydrogen-bond acceptors (Lipinski definition) is 4. The van der Waals surface area contributed by atoms with Gasteiger partial charge in [0.15, 0.2) is 0 Å². The van der Waals surface area contributed by atoms with Gasteiger partial charge in [-0.3, -0.25) is 4.79 Å². The van der Waals surface area contributed by atoms with Gasteiger partial charge >= 0.3 is 0 Å². The van der Waals surface area contributed by atoms with Crippen LogP contribution in [0.4, 0.5) is 0 Å². The molecule has 0 aliphatic heterocycles. The maximum absolute atomic E-state index is 11.9. The van der Waals surface area contributed by atoms with Crippen LogP contribution in [-0.4, -0.2) is 16.9 Å². The molecule has 1 atom stereocenters. The van der Waals surface area contributed by atoms with E-state index in [1.165, 1.54) is 16.2 Å². The van der Waals surface area contributed by atoms with Gasteiger partial charge in [-0.25, -0.2) is 4.98 Å². The molecule has 0 aromatic carbocycles. The Bertz CT molecular complexity index is 545. The summed E-state index contributed by atoms with van der Waals surface area (Å²) in [7, 11) is 0. The molecule has 0 spiro atoms. The monoisotopic (exact) mass is 280 g/mol. The van der Waals surface area contributed by atoms with E-state index in [1.807, 2.05) is 19.2 Å². The highest BCUT2D eigenvalue weighted by Crippen LogP contribution is 2.30. The van der Waals surface area contributed by atoms with Crippen molar-refractivity contribution in [3.8, 4) is 9.88 Å². The Balaban J connectivity index is 2.13. The van der Waals surface area contributed by atoms with Crippen LogP contribution in [0.2, 0.25) is 0 Å². The van der Waals surface area contributed by atoms with Crippen molar-refractivity contribution in [2.75, 3.05) is 0 Å². The minimum absolute atomic E-state index is 0.0832. The Labute approximate surface area is 115 Å². The lowest BCUT2D eigenvalue weighted by atomic mass is 10.2. The van der Waals surface area contributed by atoms with Crippen molar-refractivity contribution in [2.24, 2.45) is 0 Å². The second-order valence-electron chi connectivity index (χ2n) is 4.23. The topological polar surface area (TPSA) is 42.0 Å². The number of aryl methyl sites for hydroxylation is 1. The minimum Gasteiger partial charge on any atom is -0.348 e. The number of amides is 1. The second-order valence-corrected chi connectivity index (χ2v) is 6.38. The maximum atomic E-state index is 11.9. The van der Waals surface area contributed by atoms with E-state index in [4.69, 9.17) is 0 Å². The SMILES string of the molecule is CC[C@@H](C)NC(=O)c1csc(-c2ccc(C)s2)n1. The summed E-state index contributed by atoms with van der Waals surface area (Å²) in [6.45, 7) is 6.11. The van der Waals surface area contributed by atoms with E-state index in [0.717, 1.165) is 16.3 Å². The molecule has 5 heteroatoms. The van der Waals surface area contributed by atoms with Crippen LogP contribution in [0.15, 0.2) is 17.5 Å². The molecular formula is C13H16N2OS2. The van der Waals surface area contributed by atoms with E-state index in [9.17, 15) is 4.79 Å². The van der Waals surface area contributed by atoms with Crippen molar-refractivity contribution in [3.05, 3.63) is 28.1 Å². The van der Waals surface area contributed by atoms with Gasteiger partial charge in [-0.15, -0.1) is 22.7 Å². The van der Waals surface area contributed by atoms with Crippen LogP contribution in [0.5, 0.6) is 0 Å². The number of carbonyl (C=O) groups excluding carboxylic acids is 1. The standard InChI is InChI=1S/C13H16N2OS2/c1-4-8(2)14-12(16)10-7-17-13(15-10)11-6-5-9(3)18-11/h5-8H,4H2,1-3H3,(H,14,16)/t8-/m1/s1. The summed E-state index contributed by atoms with van der Waals surface area (Å²) in [5.74, 6) is -0.0832. The van der Waals surface area contributed by atoms with E-state index in [-0.39, 0.29) is 11.9 Å². The second kappa shape index (κ2) is 5.63. The van der Waals surface area contributed by atoms with Gasteiger partial charge < -0.3 is 5.32 Å². The molecule has 0 saturated heterocycles. The van der Waals surface area contributed by atoms with Crippen LogP contribution < -0.4 is 5.32 Å². The van der Waals surface area contributed by atoms with E-state index in [1.54, 1.807) is 11.3 Å². The van der Waals surface area contributed by atoms with E-state index < -0.39 is 0 Å². The lowest BCUT2D eigenvalue weighted by Crippen LogP contribution is -2.32. The molecule has 0 saturated carbocycles. The zero-order valence-corrected chi connectivity index (χ0v) is 12.3. The van der Waals surface area contributed by atoms with Gasteiger partial charge in [0.2, 0.25) is 0 Å².